The van der Waals surface area contributed by atoms with Gasteiger partial charge in [-0.1, -0.05) is 18.6 Å². The lowest BCUT2D eigenvalue weighted by Crippen LogP contribution is -2.42. The van der Waals surface area contributed by atoms with Crippen LogP contribution in [0.1, 0.15) is 19.3 Å². The zero-order valence-electron chi connectivity index (χ0n) is 8.60. The van der Waals surface area contributed by atoms with Gasteiger partial charge in [0.1, 0.15) is 5.75 Å². The minimum atomic E-state index is -3.34. The van der Waals surface area contributed by atoms with Crippen molar-refractivity contribution in [1.82, 2.24) is 4.72 Å². The molecule has 2 atom stereocenters. The van der Waals surface area contributed by atoms with Crippen LogP contribution in [0.2, 0.25) is 0 Å². The molecule has 1 aliphatic rings. The molecule has 0 aromatic heterocycles. The van der Waals surface area contributed by atoms with Crippen LogP contribution < -0.4 is 10.5 Å². The Hall–Kier alpha value is 0.150. The predicted octanol–water partition coefficient (Wildman–Crippen LogP) is 0.476. The van der Waals surface area contributed by atoms with Crippen LogP contribution >= 0.6 is 24.0 Å². The van der Waals surface area contributed by atoms with Gasteiger partial charge < -0.3 is 5.73 Å². The maximum atomic E-state index is 11.6. The summed E-state index contributed by atoms with van der Waals surface area (Å²) in [5, 5.41) is 0.381. The number of hydrogen-bond donors (Lipinski definition) is 2. The molecule has 1 aliphatic carbocycles. The topological polar surface area (TPSA) is 72.2 Å². The highest BCUT2D eigenvalue weighted by molar-refractivity contribution is 7.99. The summed E-state index contributed by atoms with van der Waals surface area (Å²) in [6.45, 7) is 0. The molecular weight excluding hydrogens is 252 g/mol. The molecule has 1 rings (SSSR count). The fourth-order valence-electron chi connectivity index (χ4n) is 1.80. The minimum Gasteiger partial charge on any atom is -0.392 e. The van der Waals surface area contributed by atoms with Crippen molar-refractivity contribution in [3.05, 3.63) is 0 Å². The van der Waals surface area contributed by atoms with E-state index >= 15 is 0 Å². The first-order valence-electron chi connectivity index (χ1n) is 4.75. The van der Waals surface area contributed by atoms with E-state index in [0.29, 0.717) is 5.25 Å². The normalized spacial score (nSPS) is 26.7. The van der Waals surface area contributed by atoms with Gasteiger partial charge in [0, 0.05) is 11.3 Å². The molecule has 0 radical (unpaired) electrons. The van der Waals surface area contributed by atoms with Crippen molar-refractivity contribution in [1.29, 1.82) is 0 Å². The summed E-state index contributed by atoms with van der Waals surface area (Å²) in [5.41, 5.74) is 5.23. The van der Waals surface area contributed by atoms with Crippen LogP contribution in [0.15, 0.2) is 0 Å². The van der Waals surface area contributed by atoms with E-state index in [1.807, 2.05) is 6.26 Å². The van der Waals surface area contributed by atoms with Gasteiger partial charge in [-0.2, -0.15) is 11.8 Å². The summed E-state index contributed by atoms with van der Waals surface area (Å²) in [5.74, 6) is -0.250. The second-order valence-corrected chi connectivity index (χ2v) is 7.01. The zero-order chi connectivity index (χ0) is 11.5. The summed E-state index contributed by atoms with van der Waals surface area (Å²) in [4.78, 5) is 0.0150. The van der Waals surface area contributed by atoms with E-state index < -0.39 is 10.0 Å². The first-order chi connectivity index (χ1) is 6.94. The molecule has 0 aromatic carbocycles. The Balaban J connectivity index is 2.57. The van der Waals surface area contributed by atoms with E-state index in [9.17, 15) is 8.42 Å². The smallest absolute Gasteiger partial charge is 0.218 e. The van der Waals surface area contributed by atoms with Gasteiger partial charge in [-0.05, 0) is 19.1 Å². The van der Waals surface area contributed by atoms with Crippen molar-refractivity contribution in [2.45, 2.75) is 30.6 Å². The van der Waals surface area contributed by atoms with Crippen LogP contribution in [-0.2, 0) is 10.0 Å². The quantitative estimate of drug-likeness (QED) is 0.710. The van der Waals surface area contributed by atoms with Gasteiger partial charge in [0.05, 0.1) is 4.99 Å². The average Bonchev–Trinajstić information content (AvgIpc) is 2.48. The van der Waals surface area contributed by atoms with Crippen molar-refractivity contribution in [3.63, 3.8) is 0 Å². The van der Waals surface area contributed by atoms with Gasteiger partial charge in [-0.25, -0.2) is 13.1 Å². The van der Waals surface area contributed by atoms with Crippen LogP contribution in [-0.4, -0.2) is 36.7 Å². The lowest BCUT2D eigenvalue weighted by atomic mass is 10.3. The number of sulfonamides is 1. The summed E-state index contributed by atoms with van der Waals surface area (Å²) >= 11 is 6.30. The molecule has 88 valence electrons. The molecule has 0 amide bonds. The Morgan fingerprint density at radius 2 is 2.27 bits per heavy atom. The minimum absolute atomic E-state index is 0.0150. The zero-order valence-corrected chi connectivity index (χ0v) is 11.1. The van der Waals surface area contributed by atoms with Gasteiger partial charge in [0.15, 0.2) is 0 Å². The van der Waals surface area contributed by atoms with Gasteiger partial charge >= 0.3 is 0 Å². The molecule has 2 unspecified atom stereocenters. The van der Waals surface area contributed by atoms with Gasteiger partial charge in [0.2, 0.25) is 10.0 Å². The predicted molar refractivity (Wildman–Crippen MR) is 68.6 cm³/mol. The Kier molecular flexibility index (Phi) is 4.82. The number of hydrogen-bond acceptors (Lipinski definition) is 4. The van der Waals surface area contributed by atoms with Crippen LogP contribution in [0.5, 0.6) is 0 Å². The Bertz CT molecular complexity index is 329. The largest absolute Gasteiger partial charge is 0.392 e. The molecule has 1 saturated carbocycles. The monoisotopic (exact) mass is 268 g/mol. The van der Waals surface area contributed by atoms with E-state index in [-0.39, 0.29) is 16.8 Å². The molecule has 0 spiro atoms. The maximum absolute atomic E-state index is 11.6. The third-order valence-corrected chi connectivity index (χ3v) is 5.27. The third-order valence-electron chi connectivity index (χ3n) is 2.42. The Morgan fingerprint density at radius 1 is 1.60 bits per heavy atom. The van der Waals surface area contributed by atoms with Crippen molar-refractivity contribution < 1.29 is 8.42 Å². The van der Waals surface area contributed by atoms with E-state index in [4.69, 9.17) is 5.73 Å². The summed E-state index contributed by atoms with van der Waals surface area (Å²) in [6.07, 6.45) is 5.06. The lowest BCUT2D eigenvalue weighted by Gasteiger charge is -2.18. The first kappa shape index (κ1) is 13.2. The third kappa shape index (κ3) is 4.26. The van der Waals surface area contributed by atoms with Crippen molar-refractivity contribution in [3.8, 4) is 0 Å². The van der Waals surface area contributed by atoms with Gasteiger partial charge in [-0.3, -0.25) is 0 Å². The number of nitrogens with one attached hydrogen (secondary N) is 1. The van der Waals surface area contributed by atoms with E-state index in [0.717, 1.165) is 19.3 Å². The SMILES string of the molecule is CSC1CCCC1NS(=O)(=O)CC(N)=S. The fraction of sp³-hybridized carbons (Fsp3) is 0.875. The molecule has 15 heavy (non-hydrogen) atoms. The maximum Gasteiger partial charge on any atom is 0.218 e. The lowest BCUT2D eigenvalue weighted by molar-refractivity contribution is 0.559. The van der Waals surface area contributed by atoms with E-state index in [1.54, 1.807) is 11.8 Å². The second-order valence-electron chi connectivity index (χ2n) is 3.65. The van der Waals surface area contributed by atoms with E-state index in [2.05, 4.69) is 16.9 Å². The number of thiocarbonyl (C=S) groups is 1. The van der Waals surface area contributed by atoms with Gasteiger partial charge in [0.25, 0.3) is 0 Å². The number of nitrogens with two attached hydrogens (primary N) is 1. The molecular formula is C8H16N2O2S3. The fourth-order valence-corrected chi connectivity index (χ4v) is 4.49. The summed E-state index contributed by atoms with van der Waals surface area (Å²) in [6, 6.07) is 0.0411. The molecule has 0 aromatic rings. The molecule has 1 fully saturated rings. The van der Waals surface area contributed by atoms with Crippen LogP contribution in [0.4, 0.5) is 0 Å². The molecule has 0 aliphatic heterocycles. The van der Waals surface area contributed by atoms with Crippen molar-refractivity contribution in [2.75, 3.05) is 12.0 Å². The second kappa shape index (κ2) is 5.47. The highest BCUT2D eigenvalue weighted by Gasteiger charge is 2.30. The average molecular weight is 268 g/mol. The Labute approximate surface area is 100 Å². The Morgan fingerprint density at radius 3 is 2.80 bits per heavy atom. The van der Waals surface area contributed by atoms with Gasteiger partial charge in [-0.15, -0.1) is 0 Å². The molecule has 0 heterocycles. The molecule has 7 heteroatoms. The molecule has 0 bridgehead atoms. The standard InChI is InChI=1S/C8H16N2O2S3/c1-14-7-4-2-3-6(7)10-15(11,12)5-8(9)13/h6-7,10H,2-5H2,1H3,(H2,9,13). The first-order valence-corrected chi connectivity index (χ1v) is 8.10. The highest BCUT2D eigenvalue weighted by atomic mass is 32.2. The van der Waals surface area contributed by atoms with Crippen LogP contribution in [0, 0.1) is 0 Å². The summed E-state index contributed by atoms with van der Waals surface area (Å²) < 4.78 is 25.8. The van der Waals surface area contributed by atoms with Crippen LogP contribution in [0.25, 0.3) is 0 Å². The molecule has 4 nitrogen and oxygen atoms in total. The summed E-state index contributed by atoms with van der Waals surface area (Å²) in [7, 11) is -3.34. The molecule has 0 saturated heterocycles. The van der Waals surface area contributed by atoms with Crippen molar-refractivity contribution >= 4 is 39.0 Å². The van der Waals surface area contributed by atoms with Crippen LogP contribution in [0.3, 0.4) is 0 Å². The number of thioether (sulfide) groups is 1. The number of rotatable bonds is 5. The van der Waals surface area contributed by atoms with Crippen molar-refractivity contribution in [2.24, 2.45) is 5.73 Å². The highest BCUT2D eigenvalue weighted by Crippen LogP contribution is 2.28. The van der Waals surface area contributed by atoms with E-state index in [1.165, 1.54) is 0 Å². The molecule has 3 N–H and O–H groups in total.